The lowest BCUT2D eigenvalue weighted by Gasteiger charge is -2.08. The molecule has 2 unspecified atom stereocenters. The summed E-state index contributed by atoms with van der Waals surface area (Å²) in [5.41, 5.74) is 0. The van der Waals surface area contributed by atoms with Crippen LogP contribution in [0.15, 0.2) is 0 Å². The van der Waals surface area contributed by atoms with Crippen LogP contribution in [0.2, 0.25) is 0 Å². The predicted octanol–water partition coefficient (Wildman–Crippen LogP) is 0.898. The molecule has 0 amide bonds. The lowest BCUT2D eigenvalue weighted by molar-refractivity contribution is 0.460. The highest BCUT2D eigenvalue weighted by Gasteiger charge is 2.38. The molecule has 1 saturated carbocycles. The maximum Gasteiger partial charge on any atom is 0.0984 e. The van der Waals surface area contributed by atoms with Crippen molar-refractivity contribution in [1.82, 2.24) is 5.32 Å². The zero-order valence-corrected chi connectivity index (χ0v) is 6.01. The van der Waals surface area contributed by atoms with Crippen LogP contribution in [0, 0.1) is 23.2 Å². The molecule has 0 aromatic rings. The van der Waals surface area contributed by atoms with Gasteiger partial charge in [0.15, 0.2) is 0 Å². The maximum atomic E-state index is 8.70. The zero-order valence-electron chi connectivity index (χ0n) is 6.01. The number of hydrogen-bond donors (Lipinski definition) is 1. The minimum Gasteiger partial charge on any atom is -0.301 e. The van der Waals surface area contributed by atoms with E-state index < -0.39 is 0 Å². The van der Waals surface area contributed by atoms with Crippen LogP contribution in [0.4, 0.5) is 0 Å². The Morgan fingerprint density at radius 1 is 1.40 bits per heavy atom. The number of hydrogen-bond acceptors (Lipinski definition) is 2. The molecule has 54 valence electrons. The van der Waals surface area contributed by atoms with Crippen molar-refractivity contribution in [2.45, 2.75) is 25.3 Å². The summed E-state index contributed by atoms with van der Waals surface area (Å²) in [6, 6.07) is 2.50. The Morgan fingerprint density at radius 2 is 2.30 bits per heavy atom. The average Bonchev–Trinajstić information content (AvgIpc) is 2.44. The monoisotopic (exact) mass is 136 g/mol. The fourth-order valence-electron chi connectivity index (χ4n) is 2.33. The molecule has 1 saturated heterocycles. The summed E-state index contributed by atoms with van der Waals surface area (Å²) >= 11 is 0. The summed E-state index contributed by atoms with van der Waals surface area (Å²) in [6.45, 7) is 1.09. The molecule has 0 spiro atoms. The van der Waals surface area contributed by atoms with E-state index in [9.17, 15) is 0 Å². The molecule has 3 atom stereocenters. The van der Waals surface area contributed by atoms with Gasteiger partial charge in [0.1, 0.15) is 0 Å². The third kappa shape index (κ3) is 0.741. The van der Waals surface area contributed by atoms with E-state index >= 15 is 0 Å². The van der Waals surface area contributed by atoms with E-state index in [2.05, 4.69) is 11.4 Å². The van der Waals surface area contributed by atoms with Crippen molar-refractivity contribution in [3.63, 3.8) is 0 Å². The number of nitrogens with zero attached hydrogens (tertiary/aromatic N) is 1. The van der Waals surface area contributed by atoms with E-state index in [-0.39, 0.29) is 6.04 Å². The molecule has 2 rings (SSSR count). The van der Waals surface area contributed by atoms with Crippen LogP contribution in [-0.4, -0.2) is 12.6 Å². The van der Waals surface area contributed by atoms with Crippen LogP contribution >= 0.6 is 0 Å². The molecule has 2 heteroatoms. The van der Waals surface area contributed by atoms with Gasteiger partial charge in [0.2, 0.25) is 0 Å². The average molecular weight is 136 g/mol. The highest BCUT2D eigenvalue weighted by molar-refractivity contribution is 5.04. The van der Waals surface area contributed by atoms with Crippen molar-refractivity contribution >= 4 is 0 Å². The molecule has 2 aliphatic rings. The van der Waals surface area contributed by atoms with Crippen LogP contribution in [0.5, 0.6) is 0 Å². The summed E-state index contributed by atoms with van der Waals surface area (Å²) in [5, 5.41) is 11.9. The minimum atomic E-state index is 0.174. The largest absolute Gasteiger partial charge is 0.301 e. The van der Waals surface area contributed by atoms with Crippen molar-refractivity contribution in [2.75, 3.05) is 6.54 Å². The number of rotatable bonds is 0. The molecule has 0 aromatic heterocycles. The fourth-order valence-corrected chi connectivity index (χ4v) is 2.33. The van der Waals surface area contributed by atoms with Gasteiger partial charge in [-0.1, -0.05) is 6.42 Å². The predicted molar refractivity (Wildman–Crippen MR) is 38.2 cm³/mol. The molecule has 1 heterocycles. The van der Waals surface area contributed by atoms with E-state index in [1.165, 1.54) is 19.3 Å². The Bertz CT molecular complexity index is 171. The van der Waals surface area contributed by atoms with Gasteiger partial charge < -0.3 is 5.32 Å². The standard InChI is InChI=1S/C8H12N2/c9-4-8-7-3-1-2-6(7)5-10-8/h6-8,10H,1-3,5H2/t6?,7?,8-/m1/s1. The summed E-state index contributed by atoms with van der Waals surface area (Å²) in [6.07, 6.45) is 3.96. The molecule has 1 N–H and O–H groups in total. The van der Waals surface area contributed by atoms with Gasteiger partial charge in [-0.3, -0.25) is 0 Å². The van der Waals surface area contributed by atoms with Crippen molar-refractivity contribution in [3.05, 3.63) is 0 Å². The van der Waals surface area contributed by atoms with Crippen molar-refractivity contribution in [2.24, 2.45) is 11.8 Å². The van der Waals surface area contributed by atoms with E-state index in [1.54, 1.807) is 0 Å². The van der Waals surface area contributed by atoms with Crippen LogP contribution in [-0.2, 0) is 0 Å². The maximum absolute atomic E-state index is 8.70. The summed E-state index contributed by atoms with van der Waals surface area (Å²) in [4.78, 5) is 0. The van der Waals surface area contributed by atoms with Crippen LogP contribution < -0.4 is 5.32 Å². The van der Waals surface area contributed by atoms with E-state index in [1.807, 2.05) is 0 Å². The first-order chi connectivity index (χ1) is 4.92. The van der Waals surface area contributed by atoms with Crippen LogP contribution in [0.25, 0.3) is 0 Å². The second-order valence-electron chi connectivity index (χ2n) is 3.37. The number of nitrogens with one attached hydrogen (secondary N) is 1. The fraction of sp³-hybridized carbons (Fsp3) is 0.875. The van der Waals surface area contributed by atoms with Gasteiger partial charge in [-0.05, 0) is 31.2 Å². The van der Waals surface area contributed by atoms with Crippen LogP contribution in [0.3, 0.4) is 0 Å². The molecule has 0 bridgehead atoms. The Labute approximate surface area is 61.2 Å². The highest BCUT2D eigenvalue weighted by Crippen LogP contribution is 2.37. The Kier molecular flexibility index (Phi) is 1.39. The SMILES string of the molecule is N#C[C@H]1NCC2CCCC21. The molecule has 2 fully saturated rings. The van der Waals surface area contributed by atoms with Gasteiger partial charge in [-0.25, -0.2) is 0 Å². The second kappa shape index (κ2) is 2.25. The van der Waals surface area contributed by atoms with Crippen molar-refractivity contribution in [1.29, 1.82) is 5.26 Å². The summed E-state index contributed by atoms with van der Waals surface area (Å²) in [5.74, 6) is 1.51. The normalized spacial score (nSPS) is 44.9. The van der Waals surface area contributed by atoms with Gasteiger partial charge in [0.05, 0.1) is 12.1 Å². The van der Waals surface area contributed by atoms with Gasteiger partial charge in [0, 0.05) is 0 Å². The van der Waals surface area contributed by atoms with Gasteiger partial charge >= 0.3 is 0 Å². The van der Waals surface area contributed by atoms with Gasteiger partial charge in [-0.2, -0.15) is 5.26 Å². The van der Waals surface area contributed by atoms with Gasteiger partial charge in [-0.15, -0.1) is 0 Å². The second-order valence-corrected chi connectivity index (χ2v) is 3.37. The minimum absolute atomic E-state index is 0.174. The first-order valence-corrected chi connectivity index (χ1v) is 4.05. The molecule has 10 heavy (non-hydrogen) atoms. The Balaban J connectivity index is 2.10. The van der Waals surface area contributed by atoms with Gasteiger partial charge in [0.25, 0.3) is 0 Å². The highest BCUT2D eigenvalue weighted by atomic mass is 15.0. The van der Waals surface area contributed by atoms with Crippen molar-refractivity contribution < 1.29 is 0 Å². The molecule has 0 aromatic carbocycles. The number of nitriles is 1. The van der Waals surface area contributed by atoms with Crippen molar-refractivity contribution in [3.8, 4) is 6.07 Å². The van der Waals surface area contributed by atoms with Crippen LogP contribution in [0.1, 0.15) is 19.3 Å². The first-order valence-electron chi connectivity index (χ1n) is 4.05. The summed E-state index contributed by atoms with van der Waals surface area (Å²) < 4.78 is 0. The van der Waals surface area contributed by atoms with E-state index in [0.29, 0.717) is 5.92 Å². The quantitative estimate of drug-likeness (QED) is 0.537. The first kappa shape index (κ1) is 6.18. The molecular formula is C8H12N2. The topological polar surface area (TPSA) is 35.8 Å². The zero-order chi connectivity index (χ0) is 6.97. The molecule has 1 aliphatic heterocycles. The third-order valence-corrected chi connectivity index (χ3v) is 2.89. The van der Waals surface area contributed by atoms with E-state index in [0.717, 1.165) is 12.5 Å². The summed E-state index contributed by atoms with van der Waals surface area (Å²) in [7, 11) is 0. The molecule has 2 nitrogen and oxygen atoms in total. The lowest BCUT2D eigenvalue weighted by Crippen LogP contribution is -2.24. The Hall–Kier alpha value is -0.550. The third-order valence-electron chi connectivity index (χ3n) is 2.89. The number of fused-ring (bicyclic) bond motifs is 1. The molecule has 0 radical (unpaired) electrons. The smallest absolute Gasteiger partial charge is 0.0984 e. The molecular weight excluding hydrogens is 124 g/mol. The Morgan fingerprint density at radius 3 is 3.10 bits per heavy atom. The molecule has 1 aliphatic carbocycles. The lowest BCUT2D eigenvalue weighted by atomic mass is 9.95. The van der Waals surface area contributed by atoms with E-state index in [4.69, 9.17) is 5.26 Å².